The van der Waals surface area contributed by atoms with Crippen LogP contribution in [0.3, 0.4) is 0 Å². The van der Waals surface area contributed by atoms with Gasteiger partial charge in [-0.1, -0.05) is 35.4 Å². The fourth-order valence-corrected chi connectivity index (χ4v) is 2.79. The fourth-order valence-electron chi connectivity index (χ4n) is 2.27. The van der Waals surface area contributed by atoms with Gasteiger partial charge in [0, 0.05) is 10.6 Å². The molecule has 0 N–H and O–H groups in total. The van der Waals surface area contributed by atoms with Crippen LogP contribution < -0.4 is 4.74 Å². The van der Waals surface area contributed by atoms with Crippen LogP contribution in [0.4, 0.5) is 0 Å². The van der Waals surface area contributed by atoms with Crippen molar-refractivity contribution in [2.45, 2.75) is 25.6 Å². The highest BCUT2D eigenvalue weighted by atomic mass is 35.5. The summed E-state index contributed by atoms with van der Waals surface area (Å²) in [4.78, 5) is 0. The molecule has 2 aromatic carbocycles. The number of aryl methyl sites for hydroxylation is 2. The quantitative estimate of drug-likeness (QED) is 0.679. The second-order valence-corrected chi connectivity index (χ2v) is 5.95. The Morgan fingerprint density at radius 3 is 2.55 bits per heavy atom. The van der Waals surface area contributed by atoms with Gasteiger partial charge >= 0.3 is 0 Å². The second-order valence-electron chi connectivity index (χ2n) is 4.99. The predicted molar refractivity (Wildman–Crippen MR) is 86.2 cm³/mol. The molecule has 0 saturated heterocycles. The summed E-state index contributed by atoms with van der Waals surface area (Å²) in [6.07, 6.45) is 0.756. The van der Waals surface area contributed by atoms with Crippen molar-refractivity contribution < 1.29 is 4.74 Å². The lowest BCUT2D eigenvalue weighted by molar-refractivity contribution is 0.409. The summed E-state index contributed by atoms with van der Waals surface area (Å²) in [6, 6.07) is 12.0. The van der Waals surface area contributed by atoms with E-state index in [9.17, 15) is 0 Å². The molecular weight excluding hydrogens is 291 g/mol. The van der Waals surface area contributed by atoms with Gasteiger partial charge < -0.3 is 4.74 Å². The van der Waals surface area contributed by atoms with Gasteiger partial charge in [-0.05, 0) is 49.6 Å². The molecule has 106 valence electrons. The van der Waals surface area contributed by atoms with Gasteiger partial charge in [-0.3, -0.25) is 0 Å². The van der Waals surface area contributed by atoms with Crippen LogP contribution in [-0.4, -0.2) is 7.11 Å². The zero-order chi connectivity index (χ0) is 14.7. The number of methoxy groups -OCH3 is 1. The highest BCUT2D eigenvalue weighted by Crippen LogP contribution is 2.35. The predicted octanol–water partition coefficient (Wildman–Crippen LogP) is 5.49. The van der Waals surface area contributed by atoms with E-state index in [1.807, 2.05) is 18.2 Å². The van der Waals surface area contributed by atoms with Crippen molar-refractivity contribution >= 4 is 23.2 Å². The van der Waals surface area contributed by atoms with Crippen LogP contribution in [0.2, 0.25) is 5.02 Å². The van der Waals surface area contributed by atoms with Gasteiger partial charge in [-0.2, -0.15) is 0 Å². The summed E-state index contributed by atoms with van der Waals surface area (Å²) in [5.74, 6) is 0.778. The summed E-state index contributed by atoms with van der Waals surface area (Å²) in [6.45, 7) is 4.19. The first-order valence-electron chi connectivity index (χ1n) is 6.55. The Hall–Kier alpha value is -1.18. The molecule has 1 atom stereocenters. The second kappa shape index (κ2) is 6.51. The number of hydrogen-bond acceptors (Lipinski definition) is 1. The van der Waals surface area contributed by atoms with Crippen molar-refractivity contribution in [2.75, 3.05) is 7.11 Å². The maximum absolute atomic E-state index is 6.58. The number of rotatable bonds is 4. The van der Waals surface area contributed by atoms with E-state index in [-0.39, 0.29) is 5.38 Å². The van der Waals surface area contributed by atoms with E-state index in [1.165, 1.54) is 16.7 Å². The Labute approximate surface area is 130 Å². The molecule has 0 heterocycles. The van der Waals surface area contributed by atoms with E-state index in [1.54, 1.807) is 7.11 Å². The first kappa shape index (κ1) is 15.2. The van der Waals surface area contributed by atoms with Crippen molar-refractivity contribution in [2.24, 2.45) is 0 Å². The molecule has 0 spiro atoms. The Kier molecular flexibility index (Phi) is 4.95. The third kappa shape index (κ3) is 3.47. The van der Waals surface area contributed by atoms with Crippen molar-refractivity contribution in [3.8, 4) is 5.75 Å². The molecule has 0 aromatic heterocycles. The minimum atomic E-state index is -0.163. The molecule has 20 heavy (non-hydrogen) atoms. The maximum atomic E-state index is 6.58. The summed E-state index contributed by atoms with van der Waals surface area (Å²) in [7, 11) is 1.65. The van der Waals surface area contributed by atoms with Gasteiger partial charge in [-0.15, -0.1) is 11.6 Å². The van der Waals surface area contributed by atoms with Crippen molar-refractivity contribution in [3.63, 3.8) is 0 Å². The molecule has 0 fully saturated rings. The van der Waals surface area contributed by atoms with Crippen LogP contribution in [0, 0.1) is 13.8 Å². The highest BCUT2D eigenvalue weighted by molar-refractivity contribution is 6.31. The molecule has 2 aromatic rings. The van der Waals surface area contributed by atoms with Crippen LogP contribution >= 0.6 is 23.2 Å². The zero-order valence-electron chi connectivity index (χ0n) is 11.9. The van der Waals surface area contributed by atoms with Crippen LogP contribution in [-0.2, 0) is 6.42 Å². The first-order chi connectivity index (χ1) is 9.51. The molecule has 0 bridgehead atoms. The van der Waals surface area contributed by atoms with E-state index in [0.717, 1.165) is 17.7 Å². The standard InChI is InChI=1S/C17H18Cl2O/c1-11-4-5-12(2)13(8-11)9-16(19)15-10-14(18)6-7-17(15)20-3/h4-8,10,16H,9H2,1-3H3. The number of benzene rings is 2. The van der Waals surface area contributed by atoms with E-state index >= 15 is 0 Å². The van der Waals surface area contributed by atoms with Crippen molar-refractivity contribution in [1.29, 1.82) is 0 Å². The Morgan fingerprint density at radius 2 is 1.85 bits per heavy atom. The lowest BCUT2D eigenvalue weighted by atomic mass is 9.98. The number of alkyl halides is 1. The van der Waals surface area contributed by atoms with Crippen LogP contribution in [0.1, 0.15) is 27.6 Å². The van der Waals surface area contributed by atoms with Gasteiger partial charge in [0.1, 0.15) is 5.75 Å². The molecule has 0 aliphatic heterocycles. The Bertz CT molecular complexity index is 608. The third-order valence-electron chi connectivity index (χ3n) is 3.43. The van der Waals surface area contributed by atoms with Gasteiger partial charge in [0.15, 0.2) is 0 Å². The lowest BCUT2D eigenvalue weighted by Crippen LogP contribution is -2.01. The van der Waals surface area contributed by atoms with Gasteiger partial charge in [0.05, 0.1) is 12.5 Å². The average molecular weight is 309 g/mol. The molecule has 0 aliphatic carbocycles. The summed E-state index contributed by atoms with van der Waals surface area (Å²) >= 11 is 12.6. The Balaban J connectivity index is 2.30. The first-order valence-corrected chi connectivity index (χ1v) is 7.36. The van der Waals surface area contributed by atoms with E-state index < -0.39 is 0 Å². The van der Waals surface area contributed by atoms with Crippen molar-refractivity contribution in [1.82, 2.24) is 0 Å². The summed E-state index contributed by atoms with van der Waals surface area (Å²) < 4.78 is 5.37. The number of ether oxygens (including phenoxy) is 1. The van der Waals surface area contributed by atoms with Crippen molar-refractivity contribution in [3.05, 3.63) is 63.7 Å². The molecule has 0 amide bonds. The van der Waals surface area contributed by atoms with Crippen LogP contribution in [0.15, 0.2) is 36.4 Å². The lowest BCUT2D eigenvalue weighted by Gasteiger charge is -2.16. The molecule has 2 rings (SSSR count). The minimum absolute atomic E-state index is 0.163. The molecule has 0 radical (unpaired) electrons. The Morgan fingerprint density at radius 1 is 1.10 bits per heavy atom. The normalized spacial score (nSPS) is 12.2. The molecule has 0 saturated carbocycles. The maximum Gasteiger partial charge on any atom is 0.123 e. The summed E-state index contributed by atoms with van der Waals surface area (Å²) in [5.41, 5.74) is 4.68. The average Bonchev–Trinajstić information content (AvgIpc) is 2.42. The van der Waals surface area contributed by atoms with Gasteiger partial charge in [-0.25, -0.2) is 0 Å². The molecule has 0 aliphatic rings. The topological polar surface area (TPSA) is 9.23 Å². The fraction of sp³-hybridized carbons (Fsp3) is 0.294. The monoisotopic (exact) mass is 308 g/mol. The van der Waals surface area contributed by atoms with E-state index in [0.29, 0.717) is 5.02 Å². The molecule has 1 unspecified atom stereocenters. The zero-order valence-corrected chi connectivity index (χ0v) is 13.4. The van der Waals surface area contributed by atoms with E-state index in [4.69, 9.17) is 27.9 Å². The molecule has 1 nitrogen and oxygen atoms in total. The van der Waals surface area contributed by atoms with Crippen LogP contribution in [0.25, 0.3) is 0 Å². The van der Waals surface area contributed by atoms with Gasteiger partial charge in [0.25, 0.3) is 0 Å². The van der Waals surface area contributed by atoms with Gasteiger partial charge in [0.2, 0.25) is 0 Å². The SMILES string of the molecule is COc1ccc(Cl)cc1C(Cl)Cc1cc(C)ccc1C. The minimum Gasteiger partial charge on any atom is -0.496 e. The van der Waals surface area contributed by atoms with E-state index in [2.05, 4.69) is 32.0 Å². The number of hydrogen-bond donors (Lipinski definition) is 0. The third-order valence-corrected chi connectivity index (χ3v) is 4.06. The number of halogens is 2. The largest absolute Gasteiger partial charge is 0.496 e. The van der Waals surface area contributed by atoms with Crippen LogP contribution in [0.5, 0.6) is 5.75 Å². The molecular formula is C17H18Cl2O. The summed E-state index contributed by atoms with van der Waals surface area (Å²) in [5, 5.41) is 0.511. The smallest absolute Gasteiger partial charge is 0.123 e. The highest BCUT2D eigenvalue weighted by Gasteiger charge is 2.16. The molecule has 3 heteroatoms.